The highest BCUT2D eigenvalue weighted by molar-refractivity contribution is 7.13. The van der Waals surface area contributed by atoms with Crippen LogP contribution in [-0.2, 0) is 11.2 Å². The zero-order chi connectivity index (χ0) is 8.97. The van der Waals surface area contributed by atoms with Gasteiger partial charge in [0.25, 0.3) is 0 Å². The van der Waals surface area contributed by atoms with Gasteiger partial charge < -0.3 is 10.8 Å². The second-order valence-electron chi connectivity index (χ2n) is 2.42. The number of hydrogen-bond acceptors (Lipinski definition) is 4. The van der Waals surface area contributed by atoms with E-state index in [1.165, 1.54) is 11.3 Å². The molecule has 0 aliphatic carbocycles. The van der Waals surface area contributed by atoms with E-state index in [1.54, 1.807) is 0 Å². The van der Waals surface area contributed by atoms with E-state index in [2.05, 4.69) is 4.98 Å². The molecule has 3 N–H and O–H groups in total. The van der Waals surface area contributed by atoms with Crippen molar-refractivity contribution in [3.8, 4) is 0 Å². The summed E-state index contributed by atoms with van der Waals surface area (Å²) in [6, 6.07) is 0. The lowest BCUT2D eigenvalue weighted by Crippen LogP contribution is -1.96. The third-order valence-electron chi connectivity index (χ3n) is 1.39. The van der Waals surface area contributed by atoms with Gasteiger partial charge in [0.2, 0.25) is 0 Å². The molecular formula is C7H11ClN2O2S. The Balaban J connectivity index is 0.00000144. The van der Waals surface area contributed by atoms with Crippen LogP contribution in [0.3, 0.4) is 0 Å². The number of thiazole rings is 1. The smallest absolute Gasteiger partial charge is 0.303 e. The van der Waals surface area contributed by atoms with Crippen LogP contribution in [0, 0.1) is 0 Å². The summed E-state index contributed by atoms with van der Waals surface area (Å²) in [7, 11) is 0. The number of aromatic nitrogens is 1. The van der Waals surface area contributed by atoms with E-state index < -0.39 is 5.97 Å². The van der Waals surface area contributed by atoms with Gasteiger partial charge in [0.15, 0.2) is 5.13 Å². The molecule has 1 aromatic rings. The highest BCUT2D eigenvalue weighted by atomic mass is 35.5. The Morgan fingerprint density at radius 2 is 2.38 bits per heavy atom. The average Bonchev–Trinajstić information content (AvgIpc) is 2.35. The first kappa shape index (κ1) is 12.2. The first-order valence-corrected chi connectivity index (χ1v) is 4.48. The minimum atomic E-state index is -0.766. The second-order valence-corrected chi connectivity index (χ2v) is 3.31. The van der Waals surface area contributed by atoms with Crippen molar-refractivity contribution in [2.75, 3.05) is 5.73 Å². The molecule has 0 bridgehead atoms. The number of rotatable bonds is 4. The minimum Gasteiger partial charge on any atom is -0.481 e. The van der Waals surface area contributed by atoms with E-state index in [9.17, 15) is 4.79 Å². The van der Waals surface area contributed by atoms with Crippen molar-refractivity contribution >= 4 is 34.8 Å². The molecule has 0 aromatic carbocycles. The van der Waals surface area contributed by atoms with Gasteiger partial charge in [0, 0.05) is 11.8 Å². The molecule has 1 aromatic heterocycles. The van der Waals surface area contributed by atoms with Gasteiger partial charge in [-0.2, -0.15) is 0 Å². The number of carboxylic acids is 1. The van der Waals surface area contributed by atoms with Crippen LogP contribution in [0.1, 0.15) is 18.5 Å². The average molecular weight is 223 g/mol. The Bertz CT molecular complexity index is 277. The maximum absolute atomic E-state index is 10.2. The molecular weight excluding hydrogens is 212 g/mol. The highest BCUT2D eigenvalue weighted by Gasteiger charge is 2.00. The Hall–Kier alpha value is -0.810. The van der Waals surface area contributed by atoms with E-state index >= 15 is 0 Å². The van der Waals surface area contributed by atoms with Crippen molar-refractivity contribution < 1.29 is 9.90 Å². The lowest BCUT2D eigenvalue weighted by Gasteiger charge is -1.92. The van der Waals surface area contributed by atoms with E-state index in [1.807, 2.05) is 5.38 Å². The quantitative estimate of drug-likeness (QED) is 0.811. The monoisotopic (exact) mass is 222 g/mol. The molecule has 0 amide bonds. The number of anilines is 1. The molecule has 0 saturated carbocycles. The Labute approximate surface area is 86.2 Å². The number of nitrogen functional groups attached to an aromatic ring is 1. The van der Waals surface area contributed by atoms with Crippen LogP contribution in [0.15, 0.2) is 5.38 Å². The van der Waals surface area contributed by atoms with Crippen LogP contribution < -0.4 is 5.73 Å². The Kier molecular flexibility index (Phi) is 5.41. The highest BCUT2D eigenvalue weighted by Crippen LogP contribution is 2.12. The van der Waals surface area contributed by atoms with Gasteiger partial charge in [-0.15, -0.1) is 23.7 Å². The predicted molar refractivity (Wildman–Crippen MR) is 54.3 cm³/mol. The lowest BCUT2D eigenvalue weighted by atomic mass is 10.2. The first-order valence-electron chi connectivity index (χ1n) is 3.60. The van der Waals surface area contributed by atoms with Crippen molar-refractivity contribution in [1.82, 2.24) is 4.98 Å². The van der Waals surface area contributed by atoms with Gasteiger partial charge in [-0.3, -0.25) is 4.79 Å². The van der Waals surface area contributed by atoms with E-state index in [-0.39, 0.29) is 18.8 Å². The maximum atomic E-state index is 10.2. The van der Waals surface area contributed by atoms with E-state index in [4.69, 9.17) is 10.8 Å². The molecule has 4 nitrogen and oxygen atoms in total. The topological polar surface area (TPSA) is 76.2 Å². The Morgan fingerprint density at radius 1 is 1.69 bits per heavy atom. The number of carboxylic acid groups (broad SMARTS) is 1. The molecule has 0 aliphatic heterocycles. The number of aliphatic carboxylic acids is 1. The van der Waals surface area contributed by atoms with Crippen molar-refractivity contribution in [2.24, 2.45) is 0 Å². The van der Waals surface area contributed by atoms with Crippen LogP contribution in [-0.4, -0.2) is 16.1 Å². The fraction of sp³-hybridized carbons (Fsp3) is 0.429. The van der Waals surface area contributed by atoms with Crippen molar-refractivity contribution in [1.29, 1.82) is 0 Å². The summed E-state index contributed by atoms with van der Waals surface area (Å²) in [5.74, 6) is -0.766. The normalized spacial score (nSPS) is 9.23. The van der Waals surface area contributed by atoms with E-state index in [0.29, 0.717) is 18.0 Å². The first-order chi connectivity index (χ1) is 5.68. The Morgan fingerprint density at radius 3 is 2.85 bits per heavy atom. The van der Waals surface area contributed by atoms with Crippen LogP contribution in [0.4, 0.5) is 5.13 Å². The van der Waals surface area contributed by atoms with Crippen LogP contribution in [0.2, 0.25) is 0 Å². The lowest BCUT2D eigenvalue weighted by molar-refractivity contribution is -0.137. The zero-order valence-electron chi connectivity index (χ0n) is 6.90. The van der Waals surface area contributed by atoms with Crippen molar-refractivity contribution in [3.63, 3.8) is 0 Å². The van der Waals surface area contributed by atoms with Gasteiger partial charge in [-0.1, -0.05) is 0 Å². The molecule has 0 spiro atoms. The van der Waals surface area contributed by atoms with Gasteiger partial charge in [0.1, 0.15) is 0 Å². The standard InChI is InChI=1S/C7H10N2O2S.ClH/c8-7-9-5(4-12-7)2-1-3-6(10)11;/h4H,1-3H2,(H2,8,9)(H,10,11);1H. The van der Waals surface area contributed by atoms with Gasteiger partial charge in [0.05, 0.1) is 5.69 Å². The molecule has 0 aliphatic rings. The number of halogens is 1. The second kappa shape index (κ2) is 5.77. The molecule has 1 rings (SSSR count). The molecule has 0 fully saturated rings. The molecule has 74 valence electrons. The molecule has 1 heterocycles. The summed E-state index contributed by atoms with van der Waals surface area (Å²) < 4.78 is 0. The fourth-order valence-corrected chi connectivity index (χ4v) is 1.46. The molecule has 13 heavy (non-hydrogen) atoms. The molecule has 6 heteroatoms. The summed E-state index contributed by atoms with van der Waals surface area (Å²) in [5, 5.41) is 10.8. The van der Waals surface area contributed by atoms with Crippen molar-refractivity contribution in [3.05, 3.63) is 11.1 Å². The van der Waals surface area contributed by atoms with Gasteiger partial charge >= 0.3 is 5.97 Å². The number of carbonyl (C=O) groups is 1. The third kappa shape index (κ3) is 4.69. The van der Waals surface area contributed by atoms with Crippen LogP contribution >= 0.6 is 23.7 Å². The van der Waals surface area contributed by atoms with E-state index in [0.717, 1.165) is 5.69 Å². The molecule has 0 radical (unpaired) electrons. The largest absolute Gasteiger partial charge is 0.481 e. The summed E-state index contributed by atoms with van der Waals surface area (Å²) in [5.41, 5.74) is 6.29. The predicted octanol–water partition coefficient (Wildman–Crippen LogP) is 1.55. The molecule has 0 saturated heterocycles. The summed E-state index contributed by atoms with van der Waals surface area (Å²) >= 11 is 1.38. The SMILES string of the molecule is Cl.Nc1nc(CCCC(=O)O)cs1. The fourth-order valence-electron chi connectivity index (χ4n) is 0.858. The molecule has 0 unspecified atom stereocenters. The van der Waals surface area contributed by atoms with Crippen molar-refractivity contribution in [2.45, 2.75) is 19.3 Å². The maximum Gasteiger partial charge on any atom is 0.303 e. The van der Waals surface area contributed by atoms with Gasteiger partial charge in [-0.05, 0) is 12.8 Å². The summed E-state index contributed by atoms with van der Waals surface area (Å²) in [6.45, 7) is 0. The van der Waals surface area contributed by atoms with Crippen LogP contribution in [0.25, 0.3) is 0 Å². The van der Waals surface area contributed by atoms with Crippen LogP contribution in [0.5, 0.6) is 0 Å². The number of nitrogens with two attached hydrogens (primary N) is 1. The number of aryl methyl sites for hydroxylation is 1. The number of hydrogen-bond donors (Lipinski definition) is 2. The number of nitrogens with zero attached hydrogens (tertiary/aromatic N) is 1. The minimum absolute atomic E-state index is 0. The zero-order valence-corrected chi connectivity index (χ0v) is 8.53. The van der Waals surface area contributed by atoms with Gasteiger partial charge in [-0.25, -0.2) is 4.98 Å². The summed E-state index contributed by atoms with van der Waals surface area (Å²) in [6.07, 6.45) is 1.51. The summed E-state index contributed by atoms with van der Waals surface area (Å²) in [4.78, 5) is 14.2. The third-order valence-corrected chi connectivity index (χ3v) is 2.12. The molecule has 0 atom stereocenters.